The van der Waals surface area contributed by atoms with Crippen LogP contribution in [0.1, 0.15) is 44.9 Å². The zero-order chi connectivity index (χ0) is 25.8. The number of aromatic nitrogens is 1. The number of nitrogens with zero attached hydrogens (tertiary/aromatic N) is 2. The number of hydrogen-bond acceptors (Lipinski definition) is 7. The van der Waals surface area contributed by atoms with E-state index >= 15 is 0 Å². The van der Waals surface area contributed by atoms with E-state index in [0.29, 0.717) is 55.9 Å². The van der Waals surface area contributed by atoms with Gasteiger partial charge in [-0.3, -0.25) is 9.36 Å². The largest absolute Gasteiger partial charge is 0.494 e. The number of fused-ring (bicyclic) bond motifs is 1. The summed E-state index contributed by atoms with van der Waals surface area (Å²) >= 11 is 7.80. The van der Waals surface area contributed by atoms with Gasteiger partial charge in [0.25, 0.3) is 5.56 Å². The number of benzene rings is 2. The minimum atomic E-state index is -0.761. The van der Waals surface area contributed by atoms with E-state index in [2.05, 4.69) is 4.99 Å². The number of esters is 1. The van der Waals surface area contributed by atoms with E-state index in [4.69, 9.17) is 25.8 Å². The Balaban J connectivity index is 1.94. The Bertz CT molecular complexity index is 1510. The van der Waals surface area contributed by atoms with Gasteiger partial charge in [-0.2, -0.15) is 0 Å². The van der Waals surface area contributed by atoms with Gasteiger partial charge in [-0.1, -0.05) is 41.1 Å². The summed E-state index contributed by atoms with van der Waals surface area (Å²) in [5.41, 5.74) is 1.86. The summed E-state index contributed by atoms with van der Waals surface area (Å²) in [5, 5.41) is 0.443. The first kappa shape index (κ1) is 25.7. The first-order chi connectivity index (χ1) is 17.4. The molecule has 7 nitrogen and oxygen atoms in total. The van der Waals surface area contributed by atoms with Crippen molar-refractivity contribution in [1.29, 1.82) is 0 Å². The molecule has 188 valence electrons. The second-order valence-electron chi connectivity index (χ2n) is 7.89. The van der Waals surface area contributed by atoms with Crippen molar-refractivity contribution in [2.75, 3.05) is 19.8 Å². The molecule has 2 heterocycles. The Morgan fingerprint density at radius 3 is 2.56 bits per heavy atom. The quantitative estimate of drug-likeness (QED) is 0.410. The Hall–Kier alpha value is -3.36. The van der Waals surface area contributed by atoms with Crippen LogP contribution in [0.2, 0.25) is 5.02 Å². The van der Waals surface area contributed by atoms with Crippen molar-refractivity contribution in [3.05, 3.63) is 89.6 Å². The van der Waals surface area contributed by atoms with Gasteiger partial charge in [-0.15, -0.1) is 0 Å². The van der Waals surface area contributed by atoms with Gasteiger partial charge in [0.1, 0.15) is 17.5 Å². The highest BCUT2D eigenvalue weighted by Crippen LogP contribution is 2.34. The molecule has 0 spiro atoms. The molecular weight excluding hydrogens is 500 g/mol. The molecule has 0 aliphatic carbocycles. The van der Waals surface area contributed by atoms with Crippen LogP contribution in [-0.2, 0) is 9.53 Å². The maximum atomic E-state index is 13.8. The number of ether oxygens (including phenoxy) is 3. The molecule has 1 atom stereocenters. The Morgan fingerprint density at radius 2 is 1.86 bits per heavy atom. The van der Waals surface area contributed by atoms with Crippen molar-refractivity contribution in [1.82, 2.24) is 4.57 Å². The molecule has 2 aromatic carbocycles. The molecular formula is C27H27ClN2O5S. The molecule has 0 unspecified atom stereocenters. The lowest BCUT2D eigenvalue weighted by molar-refractivity contribution is -0.139. The lowest BCUT2D eigenvalue weighted by Crippen LogP contribution is -2.40. The first-order valence-electron chi connectivity index (χ1n) is 11.7. The first-order valence-corrected chi connectivity index (χ1v) is 12.9. The SMILES string of the molecule is CCOC(=O)C1=C(C)N=c2s/c(=C/c3ccc(OCC)cc3OCC)c(=O)n2[C@H]1c1ccccc1Cl. The lowest BCUT2D eigenvalue weighted by atomic mass is 9.96. The second kappa shape index (κ2) is 11.1. The Morgan fingerprint density at radius 1 is 1.11 bits per heavy atom. The zero-order valence-electron chi connectivity index (χ0n) is 20.5. The fraction of sp³-hybridized carbons (Fsp3) is 0.296. The van der Waals surface area contributed by atoms with Crippen LogP contribution in [-0.4, -0.2) is 30.4 Å². The minimum Gasteiger partial charge on any atom is -0.494 e. The number of carbonyl (C=O) groups is 1. The van der Waals surface area contributed by atoms with Gasteiger partial charge in [0, 0.05) is 16.7 Å². The third-order valence-corrected chi connectivity index (χ3v) is 6.93. The molecule has 1 aromatic heterocycles. The molecule has 0 amide bonds. The van der Waals surface area contributed by atoms with Crippen molar-refractivity contribution in [2.24, 2.45) is 4.99 Å². The standard InChI is InChI=1S/C27H27ClN2O5S/c1-5-33-18-13-12-17(21(15-18)34-6-2)14-22-25(31)30-24(19-10-8-9-11-20(19)28)23(26(32)35-7-3)16(4)29-27(30)36-22/h8-15,24H,5-7H2,1-4H3/b22-14+/t24-/m0/s1. The molecule has 0 bridgehead atoms. The smallest absolute Gasteiger partial charge is 0.338 e. The summed E-state index contributed by atoms with van der Waals surface area (Å²) < 4.78 is 18.7. The van der Waals surface area contributed by atoms with Gasteiger partial charge in [-0.25, -0.2) is 9.79 Å². The van der Waals surface area contributed by atoms with Gasteiger partial charge < -0.3 is 14.2 Å². The molecule has 1 aliphatic rings. The van der Waals surface area contributed by atoms with Gasteiger partial charge >= 0.3 is 5.97 Å². The van der Waals surface area contributed by atoms with Crippen LogP contribution in [0.25, 0.3) is 6.08 Å². The van der Waals surface area contributed by atoms with Crippen LogP contribution in [0, 0.1) is 0 Å². The highest BCUT2D eigenvalue weighted by molar-refractivity contribution is 7.07. The molecule has 4 rings (SSSR count). The fourth-order valence-corrected chi connectivity index (χ4v) is 5.37. The van der Waals surface area contributed by atoms with E-state index in [-0.39, 0.29) is 12.2 Å². The van der Waals surface area contributed by atoms with Crippen LogP contribution in [0.5, 0.6) is 11.5 Å². The van der Waals surface area contributed by atoms with Crippen molar-refractivity contribution in [3.8, 4) is 11.5 Å². The Labute approximate surface area is 217 Å². The van der Waals surface area contributed by atoms with Crippen LogP contribution < -0.4 is 24.4 Å². The van der Waals surface area contributed by atoms with E-state index in [1.807, 2.05) is 44.2 Å². The summed E-state index contributed by atoms with van der Waals surface area (Å²) in [5.74, 6) is 0.774. The molecule has 0 fully saturated rings. The summed E-state index contributed by atoms with van der Waals surface area (Å²) in [7, 11) is 0. The number of thiazole rings is 1. The highest BCUT2D eigenvalue weighted by Gasteiger charge is 2.34. The van der Waals surface area contributed by atoms with Crippen molar-refractivity contribution in [3.63, 3.8) is 0 Å². The van der Waals surface area contributed by atoms with Gasteiger partial charge in [0.05, 0.1) is 35.6 Å². The van der Waals surface area contributed by atoms with Crippen molar-refractivity contribution < 1.29 is 19.0 Å². The molecule has 0 saturated carbocycles. The summed E-state index contributed by atoms with van der Waals surface area (Å²) in [6, 6.07) is 11.9. The number of allylic oxidation sites excluding steroid dienone is 1. The number of halogens is 1. The maximum Gasteiger partial charge on any atom is 0.338 e. The van der Waals surface area contributed by atoms with E-state index in [0.717, 1.165) is 5.56 Å². The summed E-state index contributed by atoms with van der Waals surface area (Å²) in [4.78, 5) is 31.9. The molecule has 3 aromatic rings. The molecule has 0 saturated heterocycles. The molecule has 9 heteroatoms. The monoisotopic (exact) mass is 526 g/mol. The average Bonchev–Trinajstić information content (AvgIpc) is 3.15. The molecule has 1 aliphatic heterocycles. The number of hydrogen-bond donors (Lipinski definition) is 0. The fourth-order valence-electron chi connectivity index (χ4n) is 4.09. The van der Waals surface area contributed by atoms with Crippen molar-refractivity contribution in [2.45, 2.75) is 33.7 Å². The average molecular weight is 527 g/mol. The molecule has 0 N–H and O–H groups in total. The highest BCUT2D eigenvalue weighted by atomic mass is 35.5. The van der Waals surface area contributed by atoms with Crippen LogP contribution in [0.3, 0.4) is 0 Å². The number of carbonyl (C=O) groups excluding carboxylic acids is 1. The van der Waals surface area contributed by atoms with Crippen LogP contribution in [0.4, 0.5) is 0 Å². The zero-order valence-corrected chi connectivity index (χ0v) is 22.1. The van der Waals surface area contributed by atoms with E-state index in [1.165, 1.54) is 15.9 Å². The van der Waals surface area contributed by atoms with Crippen LogP contribution >= 0.6 is 22.9 Å². The van der Waals surface area contributed by atoms with Gasteiger partial charge in [0.2, 0.25) is 0 Å². The summed E-state index contributed by atoms with van der Waals surface area (Å²) in [6.45, 7) is 8.49. The maximum absolute atomic E-state index is 13.8. The van der Waals surface area contributed by atoms with Gasteiger partial charge in [0.15, 0.2) is 4.80 Å². The number of rotatable bonds is 8. The minimum absolute atomic E-state index is 0.202. The normalized spacial score (nSPS) is 15.4. The van der Waals surface area contributed by atoms with E-state index < -0.39 is 12.0 Å². The van der Waals surface area contributed by atoms with Gasteiger partial charge in [-0.05, 0) is 57.5 Å². The summed E-state index contributed by atoms with van der Waals surface area (Å²) in [6.07, 6.45) is 1.78. The third kappa shape index (κ3) is 4.96. The van der Waals surface area contributed by atoms with Crippen LogP contribution in [0.15, 0.2) is 63.5 Å². The topological polar surface area (TPSA) is 79.1 Å². The Kier molecular flexibility index (Phi) is 7.96. The van der Waals surface area contributed by atoms with Crippen molar-refractivity contribution >= 4 is 35.0 Å². The van der Waals surface area contributed by atoms with E-state index in [9.17, 15) is 9.59 Å². The molecule has 0 radical (unpaired) electrons. The third-order valence-electron chi connectivity index (χ3n) is 5.60. The van der Waals surface area contributed by atoms with E-state index in [1.54, 1.807) is 32.1 Å². The second-order valence-corrected chi connectivity index (χ2v) is 9.31. The predicted octanol–water partition coefficient (Wildman–Crippen LogP) is 4.25. The molecule has 36 heavy (non-hydrogen) atoms. The predicted molar refractivity (Wildman–Crippen MR) is 141 cm³/mol. The lowest BCUT2D eigenvalue weighted by Gasteiger charge is -2.25.